The van der Waals surface area contributed by atoms with Crippen LogP contribution in [0, 0.1) is 24.5 Å². The molecule has 3 aromatic carbocycles. The number of fused-ring (bicyclic) bond motifs is 1. The molecule has 1 fully saturated rings. The Labute approximate surface area is 231 Å². The lowest BCUT2D eigenvalue weighted by Crippen LogP contribution is -2.36. The normalized spacial score (nSPS) is 17.2. The summed E-state index contributed by atoms with van der Waals surface area (Å²) in [6, 6.07) is 18.5. The average Bonchev–Trinajstić information content (AvgIpc) is 2.95. The van der Waals surface area contributed by atoms with Crippen molar-refractivity contribution in [2.75, 3.05) is 17.3 Å². The van der Waals surface area contributed by atoms with Crippen LogP contribution in [0.4, 0.5) is 26.2 Å². The summed E-state index contributed by atoms with van der Waals surface area (Å²) in [5, 5.41) is 6.94. The number of aromatic nitrogens is 2. The van der Waals surface area contributed by atoms with Gasteiger partial charge in [-0.05, 0) is 68.5 Å². The van der Waals surface area contributed by atoms with E-state index in [9.17, 15) is 13.6 Å². The van der Waals surface area contributed by atoms with Crippen molar-refractivity contribution in [1.82, 2.24) is 15.3 Å². The SMILES string of the molecule is Cc1ccccc1N(C)c1nc(N[C@H]2CC[C@@H](C(=O)NCc3c(F)ccc(Cl)c3F)CC2)nc2ccccc12. The second kappa shape index (κ2) is 11.5. The van der Waals surface area contributed by atoms with Crippen molar-refractivity contribution in [2.45, 2.75) is 45.2 Å². The Hall–Kier alpha value is -3.78. The first-order valence-corrected chi connectivity index (χ1v) is 13.4. The zero-order chi connectivity index (χ0) is 27.5. The lowest BCUT2D eigenvalue weighted by Gasteiger charge is -2.29. The number of para-hydroxylation sites is 2. The van der Waals surface area contributed by atoms with E-state index in [0.29, 0.717) is 18.8 Å². The topological polar surface area (TPSA) is 70.2 Å². The van der Waals surface area contributed by atoms with Crippen LogP contribution in [0.25, 0.3) is 10.9 Å². The van der Waals surface area contributed by atoms with Crippen molar-refractivity contribution in [1.29, 1.82) is 0 Å². The molecule has 4 aromatic rings. The van der Waals surface area contributed by atoms with Gasteiger partial charge in [0.2, 0.25) is 11.9 Å². The summed E-state index contributed by atoms with van der Waals surface area (Å²) in [6.07, 6.45) is 2.79. The third-order valence-corrected chi connectivity index (χ3v) is 7.68. The maximum atomic E-state index is 14.2. The van der Waals surface area contributed by atoms with Crippen molar-refractivity contribution >= 4 is 45.9 Å². The maximum Gasteiger partial charge on any atom is 0.225 e. The Morgan fingerprint density at radius 2 is 1.72 bits per heavy atom. The van der Waals surface area contributed by atoms with Crippen LogP contribution in [0.1, 0.15) is 36.8 Å². The van der Waals surface area contributed by atoms with Crippen LogP contribution in [-0.2, 0) is 11.3 Å². The molecule has 1 saturated carbocycles. The van der Waals surface area contributed by atoms with Gasteiger partial charge in [0.05, 0.1) is 10.5 Å². The van der Waals surface area contributed by atoms with E-state index in [2.05, 4.69) is 34.6 Å². The van der Waals surface area contributed by atoms with E-state index in [0.717, 1.165) is 52.9 Å². The van der Waals surface area contributed by atoms with Crippen LogP contribution < -0.4 is 15.5 Å². The first kappa shape index (κ1) is 26.8. The molecule has 9 heteroatoms. The van der Waals surface area contributed by atoms with E-state index in [1.54, 1.807) is 0 Å². The highest BCUT2D eigenvalue weighted by atomic mass is 35.5. The van der Waals surface area contributed by atoms with Gasteiger partial charge in [0.15, 0.2) is 0 Å². The molecule has 39 heavy (non-hydrogen) atoms. The number of benzene rings is 3. The Kier molecular flexibility index (Phi) is 7.93. The van der Waals surface area contributed by atoms with Crippen molar-refractivity contribution in [3.8, 4) is 0 Å². The highest BCUT2D eigenvalue weighted by Crippen LogP contribution is 2.33. The second-order valence-corrected chi connectivity index (χ2v) is 10.4. The molecule has 202 valence electrons. The van der Waals surface area contributed by atoms with Gasteiger partial charge in [-0.3, -0.25) is 4.79 Å². The van der Waals surface area contributed by atoms with Gasteiger partial charge in [-0.25, -0.2) is 13.8 Å². The molecular weight excluding hydrogens is 520 g/mol. The lowest BCUT2D eigenvalue weighted by molar-refractivity contribution is -0.126. The summed E-state index contributed by atoms with van der Waals surface area (Å²) in [5.41, 5.74) is 2.83. The van der Waals surface area contributed by atoms with E-state index in [1.165, 1.54) is 0 Å². The van der Waals surface area contributed by atoms with Crippen LogP contribution in [0.15, 0.2) is 60.7 Å². The van der Waals surface area contributed by atoms with Gasteiger partial charge < -0.3 is 15.5 Å². The number of nitrogens with zero attached hydrogens (tertiary/aromatic N) is 3. The summed E-state index contributed by atoms with van der Waals surface area (Å²) in [5.74, 6) is -0.652. The lowest BCUT2D eigenvalue weighted by atomic mass is 9.85. The zero-order valence-electron chi connectivity index (χ0n) is 21.8. The Balaban J connectivity index is 1.25. The molecule has 0 atom stereocenters. The first-order chi connectivity index (χ1) is 18.8. The average molecular weight is 550 g/mol. The van der Waals surface area contributed by atoms with E-state index in [1.807, 2.05) is 43.4 Å². The molecule has 0 bridgehead atoms. The molecule has 0 saturated heterocycles. The molecule has 0 radical (unpaired) electrons. The van der Waals surface area contributed by atoms with Gasteiger partial charge in [-0.1, -0.05) is 41.9 Å². The molecule has 5 rings (SSSR count). The van der Waals surface area contributed by atoms with Crippen LogP contribution >= 0.6 is 11.6 Å². The van der Waals surface area contributed by atoms with Gasteiger partial charge in [-0.15, -0.1) is 0 Å². The number of hydrogen-bond acceptors (Lipinski definition) is 5. The minimum atomic E-state index is -0.840. The molecule has 1 aromatic heterocycles. The fraction of sp³-hybridized carbons (Fsp3) is 0.300. The van der Waals surface area contributed by atoms with Crippen LogP contribution in [-0.4, -0.2) is 29.0 Å². The van der Waals surface area contributed by atoms with Gasteiger partial charge in [-0.2, -0.15) is 4.98 Å². The predicted octanol–water partition coefficient (Wildman–Crippen LogP) is 6.92. The predicted molar refractivity (Wildman–Crippen MR) is 151 cm³/mol. The van der Waals surface area contributed by atoms with Crippen molar-refractivity contribution in [2.24, 2.45) is 5.92 Å². The molecule has 2 N–H and O–H groups in total. The molecule has 0 spiro atoms. The smallest absolute Gasteiger partial charge is 0.225 e. The zero-order valence-corrected chi connectivity index (χ0v) is 22.6. The first-order valence-electron chi connectivity index (χ1n) is 13.0. The van der Waals surface area contributed by atoms with E-state index >= 15 is 0 Å². The summed E-state index contributed by atoms with van der Waals surface area (Å²) in [7, 11) is 2.01. The number of carbonyl (C=O) groups excluding carboxylic acids is 1. The third-order valence-electron chi connectivity index (χ3n) is 7.39. The molecule has 6 nitrogen and oxygen atoms in total. The maximum absolute atomic E-state index is 14.2. The minimum Gasteiger partial charge on any atom is -0.352 e. The van der Waals surface area contributed by atoms with Crippen LogP contribution in [0.2, 0.25) is 5.02 Å². The van der Waals surface area contributed by atoms with Crippen LogP contribution in [0.5, 0.6) is 0 Å². The van der Waals surface area contributed by atoms with Crippen molar-refractivity contribution in [3.05, 3.63) is 88.4 Å². The Bertz CT molecular complexity index is 1510. The summed E-state index contributed by atoms with van der Waals surface area (Å²) in [6.45, 7) is 1.84. The number of anilines is 3. The Morgan fingerprint density at radius 1 is 1.00 bits per heavy atom. The van der Waals surface area contributed by atoms with Crippen molar-refractivity contribution < 1.29 is 13.6 Å². The van der Waals surface area contributed by atoms with E-state index < -0.39 is 11.6 Å². The molecule has 0 aliphatic heterocycles. The van der Waals surface area contributed by atoms with Crippen molar-refractivity contribution in [3.63, 3.8) is 0 Å². The van der Waals surface area contributed by atoms with E-state index in [4.69, 9.17) is 21.6 Å². The minimum absolute atomic E-state index is 0.106. The largest absolute Gasteiger partial charge is 0.352 e. The van der Waals surface area contributed by atoms with Gasteiger partial charge >= 0.3 is 0 Å². The van der Waals surface area contributed by atoms with Gasteiger partial charge in [0.25, 0.3) is 0 Å². The quantitative estimate of drug-likeness (QED) is 0.245. The molecule has 1 amide bonds. The number of amides is 1. The molecule has 1 heterocycles. The number of rotatable bonds is 7. The molecule has 1 aliphatic rings. The highest BCUT2D eigenvalue weighted by Gasteiger charge is 2.27. The Morgan fingerprint density at radius 3 is 2.49 bits per heavy atom. The number of hydrogen-bond donors (Lipinski definition) is 2. The monoisotopic (exact) mass is 549 g/mol. The van der Waals surface area contributed by atoms with E-state index in [-0.39, 0.29) is 35.0 Å². The molecule has 1 aliphatic carbocycles. The van der Waals surface area contributed by atoms with Gasteiger partial charge in [0, 0.05) is 42.2 Å². The second-order valence-electron chi connectivity index (χ2n) is 9.97. The fourth-order valence-corrected chi connectivity index (χ4v) is 5.34. The number of carbonyl (C=O) groups is 1. The highest BCUT2D eigenvalue weighted by molar-refractivity contribution is 6.30. The molecule has 0 unspecified atom stereocenters. The fourth-order valence-electron chi connectivity index (χ4n) is 5.17. The molecular formula is C30H30ClF2N5O. The number of halogens is 3. The number of aryl methyl sites for hydroxylation is 1. The van der Waals surface area contributed by atoms with Gasteiger partial charge in [0.1, 0.15) is 17.5 Å². The standard InChI is InChI=1S/C30H30ClF2N5O/c1-18-7-3-6-10-26(18)38(2)28-21-8-4-5-9-25(21)36-30(37-28)35-20-13-11-19(12-14-20)29(39)34-17-22-24(32)16-15-23(31)27(22)33/h3-10,15-16,19-20H,11-14,17H2,1-2H3,(H,34,39)(H,35,36,37)/t19-,20+. The number of nitrogens with one attached hydrogen (secondary N) is 2. The summed E-state index contributed by atoms with van der Waals surface area (Å²) in [4.78, 5) is 24.5. The van der Waals surface area contributed by atoms with Crippen LogP contribution in [0.3, 0.4) is 0 Å². The summed E-state index contributed by atoms with van der Waals surface area (Å²) < 4.78 is 28.2. The third kappa shape index (κ3) is 5.81. The summed E-state index contributed by atoms with van der Waals surface area (Å²) >= 11 is 5.76.